The second kappa shape index (κ2) is 5.39. The fraction of sp³-hybridized carbons (Fsp3) is 0.143. The number of nitrogens with two attached hydrogens (primary N) is 1. The summed E-state index contributed by atoms with van der Waals surface area (Å²) < 4.78 is 5.64. The third-order valence-corrected chi connectivity index (χ3v) is 2.74. The summed E-state index contributed by atoms with van der Waals surface area (Å²) in [5.41, 5.74) is 7.10. The third kappa shape index (κ3) is 3.01. The van der Waals surface area contributed by atoms with Crippen molar-refractivity contribution in [2.45, 2.75) is 13.3 Å². The SMILES string of the molecule is CCc1cccc(Oc2ccc([N+](=O)[O-])cc2N)c1. The van der Waals surface area contributed by atoms with Crippen LogP contribution < -0.4 is 10.5 Å². The minimum atomic E-state index is -0.488. The molecular formula is C14H14N2O3. The maximum atomic E-state index is 10.6. The van der Waals surface area contributed by atoms with Crippen molar-refractivity contribution >= 4 is 11.4 Å². The normalized spacial score (nSPS) is 10.2. The van der Waals surface area contributed by atoms with Gasteiger partial charge in [0.1, 0.15) is 5.75 Å². The Morgan fingerprint density at radius 2 is 2.05 bits per heavy atom. The molecule has 0 radical (unpaired) electrons. The molecule has 0 aliphatic heterocycles. The summed E-state index contributed by atoms with van der Waals surface area (Å²) in [5, 5.41) is 10.6. The van der Waals surface area contributed by atoms with Gasteiger partial charge in [-0.25, -0.2) is 0 Å². The van der Waals surface area contributed by atoms with Gasteiger partial charge in [0.05, 0.1) is 10.6 Å². The lowest BCUT2D eigenvalue weighted by Crippen LogP contribution is -1.95. The molecule has 0 heterocycles. The van der Waals surface area contributed by atoms with Crippen molar-refractivity contribution in [3.63, 3.8) is 0 Å². The molecule has 0 unspecified atom stereocenters. The molecule has 0 aliphatic carbocycles. The van der Waals surface area contributed by atoms with Crippen molar-refractivity contribution in [1.29, 1.82) is 0 Å². The molecule has 0 aromatic heterocycles. The Balaban J connectivity index is 2.25. The smallest absolute Gasteiger partial charge is 0.271 e. The molecule has 2 aromatic carbocycles. The predicted molar refractivity (Wildman–Crippen MR) is 73.4 cm³/mol. The van der Waals surface area contributed by atoms with E-state index in [2.05, 4.69) is 6.92 Å². The van der Waals surface area contributed by atoms with Gasteiger partial charge in [-0.2, -0.15) is 0 Å². The van der Waals surface area contributed by atoms with E-state index in [1.807, 2.05) is 24.3 Å². The molecule has 0 fully saturated rings. The van der Waals surface area contributed by atoms with Gasteiger partial charge in [0.25, 0.3) is 5.69 Å². The van der Waals surface area contributed by atoms with Crippen LogP contribution in [0.15, 0.2) is 42.5 Å². The number of ether oxygens (including phenoxy) is 1. The fourth-order valence-corrected chi connectivity index (χ4v) is 1.70. The van der Waals surface area contributed by atoms with Crippen molar-refractivity contribution in [3.8, 4) is 11.5 Å². The summed E-state index contributed by atoms with van der Waals surface area (Å²) in [6.07, 6.45) is 0.910. The van der Waals surface area contributed by atoms with E-state index < -0.39 is 4.92 Å². The molecule has 0 atom stereocenters. The summed E-state index contributed by atoms with van der Waals surface area (Å²) in [6, 6.07) is 11.8. The summed E-state index contributed by atoms with van der Waals surface area (Å²) in [4.78, 5) is 10.1. The molecule has 0 amide bonds. The highest BCUT2D eigenvalue weighted by Crippen LogP contribution is 2.30. The van der Waals surface area contributed by atoms with Gasteiger partial charge in [-0.1, -0.05) is 19.1 Å². The highest BCUT2D eigenvalue weighted by atomic mass is 16.6. The molecule has 0 saturated heterocycles. The van der Waals surface area contributed by atoms with E-state index >= 15 is 0 Å². The van der Waals surface area contributed by atoms with Crippen LogP contribution in [0.25, 0.3) is 0 Å². The molecule has 19 heavy (non-hydrogen) atoms. The second-order valence-corrected chi connectivity index (χ2v) is 4.08. The van der Waals surface area contributed by atoms with Gasteiger partial charge in [-0.15, -0.1) is 0 Å². The highest BCUT2D eigenvalue weighted by molar-refractivity contribution is 5.59. The van der Waals surface area contributed by atoms with E-state index in [0.29, 0.717) is 11.5 Å². The zero-order valence-corrected chi connectivity index (χ0v) is 10.5. The van der Waals surface area contributed by atoms with Gasteiger partial charge in [0, 0.05) is 12.1 Å². The number of hydrogen-bond acceptors (Lipinski definition) is 4. The monoisotopic (exact) mass is 258 g/mol. The molecule has 2 N–H and O–H groups in total. The second-order valence-electron chi connectivity index (χ2n) is 4.08. The summed E-state index contributed by atoms with van der Waals surface area (Å²) in [7, 11) is 0. The van der Waals surface area contributed by atoms with Crippen molar-refractivity contribution in [2.75, 3.05) is 5.73 Å². The van der Waals surface area contributed by atoms with E-state index in [1.165, 1.54) is 18.2 Å². The van der Waals surface area contributed by atoms with Gasteiger partial charge in [0.15, 0.2) is 5.75 Å². The molecule has 0 spiro atoms. The Morgan fingerprint density at radius 1 is 1.26 bits per heavy atom. The number of benzene rings is 2. The van der Waals surface area contributed by atoms with Gasteiger partial charge in [-0.05, 0) is 30.2 Å². The van der Waals surface area contributed by atoms with Crippen LogP contribution in [0.3, 0.4) is 0 Å². The standard InChI is InChI=1S/C14H14N2O3/c1-2-10-4-3-5-12(8-10)19-14-7-6-11(16(17)18)9-13(14)15/h3-9H,2,15H2,1H3. The first kappa shape index (κ1) is 12.9. The van der Waals surface area contributed by atoms with Crippen molar-refractivity contribution < 1.29 is 9.66 Å². The first-order valence-electron chi connectivity index (χ1n) is 5.91. The van der Waals surface area contributed by atoms with Crippen LogP contribution >= 0.6 is 0 Å². The average molecular weight is 258 g/mol. The number of nitrogens with zero attached hydrogens (tertiary/aromatic N) is 1. The molecule has 5 heteroatoms. The number of non-ortho nitro benzene ring substituents is 1. The zero-order valence-electron chi connectivity index (χ0n) is 10.5. The Kier molecular flexibility index (Phi) is 3.66. The average Bonchev–Trinajstić information content (AvgIpc) is 2.41. The van der Waals surface area contributed by atoms with Crippen LogP contribution in [0.2, 0.25) is 0 Å². The molecule has 2 aromatic rings. The summed E-state index contributed by atoms with van der Waals surface area (Å²) in [6.45, 7) is 2.05. The Labute approximate surface area is 110 Å². The van der Waals surface area contributed by atoms with E-state index in [4.69, 9.17) is 10.5 Å². The molecule has 98 valence electrons. The van der Waals surface area contributed by atoms with E-state index in [9.17, 15) is 10.1 Å². The molecule has 0 saturated carbocycles. The highest BCUT2D eigenvalue weighted by Gasteiger charge is 2.10. The first-order chi connectivity index (χ1) is 9.10. The number of nitro groups is 1. The lowest BCUT2D eigenvalue weighted by Gasteiger charge is -2.09. The largest absolute Gasteiger partial charge is 0.455 e. The Morgan fingerprint density at radius 3 is 2.68 bits per heavy atom. The van der Waals surface area contributed by atoms with Crippen molar-refractivity contribution in [1.82, 2.24) is 0 Å². The van der Waals surface area contributed by atoms with E-state index in [1.54, 1.807) is 0 Å². The lowest BCUT2D eigenvalue weighted by molar-refractivity contribution is -0.384. The maximum absolute atomic E-state index is 10.6. The van der Waals surface area contributed by atoms with Gasteiger partial charge < -0.3 is 10.5 Å². The molecule has 2 rings (SSSR count). The quantitative estimate of drug-likeness (QED) is 0.517. The van der Waals surface area contributed by atoms with Crippen molar-refractivity contribution in [2.24, 2.45) is 0 Å². The fourth-order valence-electron chi connectivity index (χ4n) is 1.70. The number of anilines is 1. The van der Waals surface area contributed by atoms with Crippen LogP contribution in [0.4, 0.5) is 11.4 Å². The summed E-state index contributed by atoms with van der Waals surface area (Å²) in [5.74, 6) is 1.08. The molecule has 0 aliphatic rings. The number of nitro benzene ring substituents is 1. The van der Waals surface area contributed by atoms with Gasteiger partial charge in [-0.3, -0.25) is 10.1 Å². The van der Waals surface area contributed by atoms with Crippen LogP contribution in [0.1, 0.15) is 12.5 Å². The number of rotatable bonds is 4. The topological polar surface area (TPSA) is 78.4 Å². The number of aryl methyl sites for hydroxylation is 1. The maximum Gasteiger partial charge on any atom is 0.271 e. The number of hydrogen-bond donors (Lipinski definition) is 1. The minimum Gasteiger partial charge on any atom is -0.455 e. The first-order valence-corrected chi connectivity index (χ1v) is 5.91. The van der Waals surface area contributed by atoms with Crippen molar-refractivity contribution in [3.05, 3.63) is 58.1 Å². The third-order valence-electron chi connectivity index (χ3n) is 2.74. The molecular weight excluding hydrogens is 244 g/mol. The molecule has 5 nitrogen and oxygen atoms in total. The van der Waals surface area contributed by atoms with Crippen LogP contribution in [-0.2, 0) is 6.42 Å². The predicted octanol–water partition coefficient (Wildman–Crippen LogP) is 3.53. The van der Waals surface area contributed by atoms with Gasteiger partial charge >= 0.3 is 0 Å². The Bertz CT molecular complexity index is 611. The Hall–Kier alpha value is -2.56. The minimum absolute atomic E-state index is 0.0489. The van der Waals surface area contributed by atoms with Gasteiger partial charge in [0.2, 0.25) is 0 Å². The van der Waals surface area contributed by atoms with E-state index in [0.717, 1.165) is 12.0 Å². The summed E-state index contributed by atoms with van der Waals surface area (Å²) >= 11 is 0. The van der Waals surface area contributed by atoms with Crippen LogP contribution in [0, 0.1) is 10.1 Å². The lowest BCUT2D eigenvalue weighted by atomic mass is 10.2. The zero-order chi connectivity index (χ0) is 13.8. The van der Waals surface area contributed by atoms with E-state index in [-0.39, 0.29) is 11.4 Å². The number of nitrogen functional groups attached to an aromatic ring is 1. The van der Waals surface area contributed by atoms with Crippen LogP contribution in [-0.4, -0.2) is 4.92 Å². The molecule has 0 bridgehead atoms. The van der Waals surface area contributed by atoms with Crippen LogP contribution in [0.5, 0.6) is 11.5 Å².